The van der Waals surface area contributed by atoms with Crippen molar-refractivity contribution in [3.63, 3.8) is 0 Å². The van der Waals surface area contributed by atoms with E-state index < -0.39 is 0 Å². The third-order valence-electron chi connectivity index (χ3n) is 5.92. The zero-order chi connectivity index (χ0) is 22.5. The lowest BCUT2D eigenvalue weighted by Gasteiger charge is -2.20. The molecule has 0 bridgehead atoms. The zero-order valence-electron chi connectivity index (χ0n) is 18.6. The summed E-state index contributed by atoms with van der Waals surface area (Å²) in [7, 11) is 0. The summed E-state index contributed by atoms with van der Waals surface area (Å²) >= 11 is 0. The van der Waals surface area contributed by atoms with Gasteiger partial charge in [0.05, 0.1) is 5.92 Å². The maximum atomic E-state index is 12.5. The largest absolute Gasteiger partial charge is 0.339 e. The van der Waals surface area contributed by atoms with E-state index in [0.29, 0.717) is 23.7 Å². The Balaban J connectivity index is 1.56. The van der Waals surface area contributed by atoms with E-state index in [1.165, 1.54) is 5.56 Å². The maximum Gasteiger partial charge on any atom is 0.255 e. The van der Waals surface area contributed by atoms with E-state index in [0.717, 1.165) is 12.1 Å². The second-order valence-corrected chi connectivity index (χ2v) is 8.49. The van der Waals surface area contributed by atoms with Crippen molar-refractivity contribution in [3.05, 3.63) is 59.7 Å². The summed E-state index contributed by atoms with van der Waals surface area (Å²) < 4.78 is 0. The first kappa shape index (κ1) is 22.5. The smallest absolute Gasteiger partial charge is 0.255 e. The molecule has 0 spiro atoms. The van der Waals surface area contributed by atoms with E-state index in [9.17, 15) is 14.4 Å². The van der Waals surface area contributed by atoms with E-state index in [-0.39, 0.29) is 36.1 Å². The van der Waals surface area contributed by atoms with Crippen LogP contribution in [0.3, 0.4) is 0 Å². The van der Waals surface area contributed by atoms with Gasteiger partial charge in [0.25, 0.3) is 5.91 Å². The molecule has 164 valence electrons. The van der Waals surface area contributed by atoms with E-state index in [1.54, 1.807) is 29.2 Å². The molecule has 0 aliphatic carbocycles. The number of hydrogen-bond donors (Lipinski definition) is 2. The lowest BCUT2D eigenvalue weighted by Crippen LogP contribution is -2.33. The Morgan fingerprint density at radius 3 is 2.10 bits per heavy atom. The number of hydrogen-bond acceptors (Lipinski definition) is 3. The predicted molar refractivity (Wildman–Crippen MR) is 123 cm³/mol. The molecular formula is C25H31N3O3. The van der Waals surface area contributed by atoms with Crippen LogP contribution >= 0.6 is 0 Å². The van der Waals surface area contributed by atoms with Crippen molar-refractivity contribution in [2.24, 2.45) is 5.92 Å². The zero-order valence-corrected chi connectivity index (χ0v) is 18.6. The third-order valence-corrected chi connectivity index (χ3v) is 5.92. The minimum Gasteiger partial charge on any atom is -0.339 e. The Morgan fingerprint density at radius 2 is 1.55 bits per heavy atom. The molecule has 2 unspecified atom stereocenters. The molecule has 6 heteroatoms. The van der Waals surface area contributed by atoms with Gasteiger partial charge in [-0.2, -0.15) is 0 Å². The van der Waals surface area contributed by atoms with Crippen molar-refractivity contribution in [1.82, 2.24) is 4.90 Å². The Labute approximate surface area is 184 Å². The van der Waals surface area contributed by atoms with Gasteiger partial charge in [-0.1, -0.05) is 26.0 Å². The van der Waals surface area contributed by atoms with E-state index in [2.05, 4.69) is 24.5 Å². The van der Waals surface area contributed by atoms with Crippen molar-refractivity contribution in [3.8, 4) is 0 Å². The summed E-state index contributed by atoms with van der Waals surface area (Å²) in [6.07, 6.45) is 1.31. The van der Waals surface area contributed by atoms with Gasteiger partial charge in [0.15, 0.2) is 0 Å². The normalized spacial score (nSPS) is 17.0. The molecule has 0 saturated carbocycles. The molecule has 0 radical (unpaired) electrons. The van der Waals surface area contributed by atoms with Crippen molar-refractivity contribution in [2.75, 3.05) is 17.2 Å². The minimum atomic E-state index is -0.351. The van der Waals surface area contributed by atoms with Crippen LogP contribution in [0.2, 0.25) is 0 Å². The number of benzene rings is 2. The first-order valence-electron chi connectivity index (χ1n) is 10.9. The summed E-state index contributed by atoms with van der Waals surface area (Å²) in [5.74, 6) is -0.225. The van der Waals surface area contributed by atoms with Gasteiger partial charge >= 0.3 is 0 Å². The fourth-order valence-corrected chi connectivity index (χ4v) is 3.69. The molecule has 2 atom stereocenters. The summed E-state index contributed by atoms with van der Waals surface area (Å²) in [5, 5.41) is 5.75. The van der Waals surface area contributed by atoms with Crippen molar-refractivity contribution in [2.45, 2.75) is 52.5 Å². The summed E-state index contributed by atoms with van der Waals surface area (Å²) in [6.45, 7) is 8.67. The summed E-state index contributed by atoms with van der Waals surface area (Å²) in [6, 6.07) is 14.8. The van der Waals surface area contributed by atoms with Gasteiger partial charge < -0.3 is 15.5 Å². The molecule has 2 aromatic carbocycles. The Kier molecular flexibility index (Phi) is 7.10. The highest BCUT2D eigenvalue weighted by Gasteiger charge is 2.35. The highest BCUT2D eigenvalue weighted by atomic mass is 16.2. The molecule has 2 aromatic rings. The lowest BCUT2D eigenvalue weighted by molar-refractivity contribution is -0.129. The van der Waals surface area contributed by atoms with Crippen LogP contribution in [0.15, 0.2) is 48.5 Å². The standard InChI is InChI=1S/C25H31N3O3/c1-5-17(4)18-6-10-21(11-7-18)26-24(30)19-8-12-22(13-9-19)27-25(31)20-14-23(29)28(15-20)16(2)3/h6-13,16-17,20H,5,14-15H2,1-4H3,(H,26,30)(H,27,31). The molecule has 3 rings (SSSR count). The Hall–Kier alpha value is -3.15. The summed E-state index contributed by atoms with van der Waals surface area (Å²) in [5.41, 5.74) is 3.11. The van der Waals surface area contributed by atoms with Crippen LogP contribution in [-0.4, -0.2) is 35.2 Å². The SMILES string of the molecule is CCC(C)c1ccc(NC(=O)c2ccc(NC(=O)C3CC(=O)N(C(C)C)C3)cc2)cc1. The van der Waals surface area contributed by atoms with Crippen molar-refractivity contribution < 1.29 is 14.4 Å². The molecule has 6 nitrogen and oxygen atoms in total. The Bertz CT molecular complexity index is 935. The number of nitrogens with one attached hydrogen (secondary N) is 2. The van der Waals surface area contributed by atoms with Crippen LogP contribution in [0.5, 0.6) is 0 Å². The van der Waals surface area contributed by atoms with Crippen LogP contribution in [0, 0.1) is 5.92 Å². The molecule has 1 heterocycles. The quantitative estimate of drug-likeness (QED) is 0.683. The van der Waals surface area contributed by atoms with Gasteiger partial charge in [-0.15, -0.1) is 0 Å². The van der Waals surface area contributed by atoms with Gasteiger partial charge in [0, 0.05) is 35.9 Å². The number of carbonyl (C=O) groups excluding carboxylic acids is 3. The molecule has 1 saturated heterocycles. The van der Waals surface area contributed by atoms with Crippen LogP contribution in [0.4, 0.5) is 11.4 Å². The first-order valence-corrected chi connectivity index (χ1v) is 10.9. The number of amides is 3. The molecule has 31 heavy (non-hydrogen) atoms. The fourth-order valence-electron chi connectivity index (χ4n) is 3.69. The van der Waals surface area contributed by atoms with Crippen LogP contribution in [-0.2, 0) is 9.59 Å². The number of rotatable bonds is 7. The van der Waals surface area contributed by atoms with Crippen LogP contribution < -0.4 is 10.6 Å². The second kappa shape index (κ2) is 9.77. The first-order chi connectivity index (χ1) is 14.8. The van der Waals surface area contributed by atoms with Gasteiger partial charge in [0.1, 0.15) is 0 Å². The minimum absolute atomic E-state index is 0.0133. The third kappa shape index (κ3) is 5.51. The van der Waals surface area contributed by atoms with Gasteiger partial charge in [-0.05, 0) is 68.1 Å². The topological polar surface area (TPSA) is 78.5 Å². The van der Waals surface area contributed by atoms with Crippen LogP contribution in [0.1, 0.15) is 62.4 Å². The van der Waals surface area contributed by atoms with Crippen LogP contribution in [0.25, 0.3) is 0 Å². The fraction of sp³-hybridized carbons (Fsp3) is 0.400. The summed E-state index contributed by atoms with van der Waals surface area (Å²) in [4.78, 5) is 38.8. The molecule has 1 fully saturated rings. The van der Waals surface area contributed by atoms with E-state index in [4.69, 9.17) is 0 Å². The maximum absolute atomic E-state index is 12.5. The number of carbonyl (C=O) groups is 3. The number of likely N-dealkylation sites (tertiary alicyclic amines) is 1. The molecular weight excluding hydrogens is 390 g/mol. The van der Waals surface area contributed by atoms with Crippen molar-refractivity contribution in [1.29, 1.82) is 0 Å². The monoisotopic (exact) mass is 421 g/mol. The van der Waals surface area contributed by atoms with Crippen molar-refractivity contribution >= 4 is 29.1 Å². The lowest BCUT2D eigenvalue weighted by atomic mass is 9.98. The highest BCUT2D eigenvalue weighted by Crippen LogP contribution is 2.23. The number of anilines is 2. The highest BCUT2D eigenvalue weighted by molar-refractivity contribution is 6.04. The Morgan fingerprint density at radius 1 is 0.968 bits per heavy atom. The molecule has 1 aliphatic heterocycles. The van der Waals surface area contributed by atoms with Gasteiger partial charge in [0.2, 0.25) is 11.8 Å². The molecule has 0 aromatic heterocycles. The van der Waals surface area contributed by atoms with E-state index >= 15 is 0 Å². The predicted octanol–water partition coefficient (Wildman–Crippen LogP) is 4.65. The average molecular weight is 422 g/mol. The molecule has 2 N–H and O–H groups in total. The van der Waals surface area contributed by atoms with Gasteiger partial charge in [-0.25, -0.2) is 0 Å². The number of nitrogens with zero attached hydrogens (tertiary/aromatic N) is 1. The molecule has 1 aliphatic rings. The molecule has 3 amide bonds. The van der Waals surface area contributed by atoms with Gasteiger partial charge in [-0.3, -0.25) is 14.4 Å². The second-order valence-electron chi connectivity index (χ2n) is 8.49. The van der Waals surface area contributed by atoms with E-state index in [1.807, 2.05) is 38.1 Å². The average Bonchev–Trinajstić information content (AvgIpc) is 3.16.